The molecule has 0 bridgehead atoms. The monoisotopic (exact) mass is 409 g/mol. The molecule has 2 aliphatic heterocycles. The van der Waals surface area contributed by atoms with Gasteiger partial charge in [-0.3, -0.25) is 14.5 Å². The molecule has 4 rings (SSSR count). The van der Waals surface area contributed by atoms with Gasteiger partial charge in [-0.25, -0.2) is 4.98 Å². The van der Waals surface area contributed by atoms with Gasteiger partial charge in [0.05, 0.1) is 5.92 Å². The van der Waals surface area contributed by atoms with E-state index in [4.69, 9.17) is 0 Å². The number of hydrogen-bond acceptors (Lipinski definition) is 4. The first kappa shape index (κ1) is 20.6. The second-order valence-corrected chi connectivity index (χ2v) is 9.09. The minimum atomic E-state index is -0.159. The van der Waals surface area contributed by atoms with Gasteiger partial charge in [0.25, 0.3) is 0 Å². The van der Waals surface area contributed by atoms with E-state index in [2.05, 4.69) is 27.3 Å². The van der Waals surface area contributed by atoms with Crippen LogP contribution in [0.4, 0.5) is 0 Å². The smallest absolute Gasteiger partial charge is 0.242 e. The summed E-state index contributed by atoms with van der Waals surface area (Å²) in [6, 6.07) is 10.5. The predicted octanol–water partition coefficient (Wildman–Crippen LogP) is 1.68. The van der Waals surface area contributed by atoms with Crippen molar-refractivity contribution in [2.24, 2.45) is 11.3 Å². The Morgan fingerprint density at radius 1 is 1.20 bits per heavy atom. The average Bonchev–Trinajstić information content (AvgIpc) is 3.24. The predicted molar refractivity (Wildman–Crippen MR) is 114 cm³/mol. The summed E-state index contributed by atoms with van der Waals surface area (Å²) >= 11 is 0. The quantitative estimate of drug-likeness (QED) is 0.788. The molecule has 7 heteroatoms. The lowest BCUT2D eigenvalue weighted by atomic mass is 9.71. The van der Waals surface area contributed by atoms with E-state index < -0.39 is 0 Å². The van der Waals surface area contributed by atoms with E-state index in [1.165, 1.54) is 5.56 Å². The number of carbonyl (C=O) groups excluding carboxylic acids is 2. The highest BCUT2D eigenvalue weighted by Gasteiger charge is 2.57. The highest BCUT2D eigenvalue weighted by Crippen LogP contribution is 2.44. The van der Waals surface area contributed by atoms with Gasteiger partial charge >= 0.3 is 0 Å². The lowest BCUT2D eigenvalue weighted by Gasteiger charge is -2.50. The molecule has 1 N–H and O–H groups in total. The maximum absolute atomic E-state index is 13.0. The Morgan fingerprint density at radius 3 is 2.57 bits per heavy atom. The fourth-order valence-electron chi connectivity index (χ4n) is 4.81. The number of amides is 2. The number of nitrogens with zero attached hydrogens (tertiary/aromatic N) is 4. The highest BCUT2D eigenvalue weighted by molar-refractivity contribution is 5.82. The second-order valence-electron chi connectivity index (χ2n) is 9.09. The van der Waals surface area contributed by atoms with Gasteiger partial charge in [-0.2, -0.15) is 0 Å². The first-order valence-electron chi connectivity index (χ1n) is 10.7. The van der Waals surface area contributed by atoms with Crippen molar-refractivity contribution >= 4 is 11.8 Å². The van der Waals surface area contributed by atoms with Gasteiger partial charge in [0.15, 0.2) is 0 Å². The third kappa shape index (κ3) is 4.12. The number of hydrogen-bond donors (Lipinski definition) is 1. The summed E-state index contributed by atoms with van der Waals surface area (Å²) in [5.74, 6) is 0.940. The Balaban J connectivity index is 1.44. The zero-order chi connectivity index (χ0) is 21.3. The standard InChI is InChI=1S/C23H31N5O2/c1-17(2)25-22(30)20-12-26(11-19-7-5-4-6-8-19)14-23(20)15-28(16-23)21(29)13-27-10-9-24-18(27)3/h4-10,17,20H,11-16H2,1-3H3,(H,25,30). The van der Waals surface area contributed by atoms with Crippen LogP contribution >= 0.6 is 0 Å². The Hall–Kier alpha value is -2.67. The number of carbonyl (C=O) groups is 2. The minimum absolute atomic E-state index is 0.0891. The van der Waals surface area contributed by atoms with Crippen LogP contribution in [0.1, 0.15) is 25.2 Å². The van der Waals surface area contributed by atoms with E-state index in [0.29, 0.717) is 19.6 Å². The average molecular weight is 410 g/mol. The maximum Gasteiger partial charge on any atom is 0.242 e. The minimum Gasteiger partial charge on any atom is -0.354 e. The van der Waals surface area contributed by atoms with Crippen LogP contribution in [0.3, 0.4) is 0 Å². The number of nitrogens with one attached hydrogen (secondary N) is 1. The number of aryl methyl sites for hydroxylation is 1. The molecule has 3 heterocycles. The first-order chi connectivity index (χ1) is 14.4. The summed E-state index contributed by atoms with van der Waals surface area (Å²) in [6.45, 7) is 9.87. The largest absolute Gasteiger partial charge is 0.354 e. The molecule has 30 heavy (non-hydrogen) atoms. The summed E-state index contributed by atoms with van der Waals surface area (Å²) in [5.41, 5.74) is 1.09. The van der Waals surface area contributed by atoms with E-state index in [9.17, 15) is 9.59 Å². The molecule has 0 saturated carbocycles. The Bertz CT molecular complexity index is 901. The summed E-state index contributed by atoms with van der Waals surface area (Å²) in [7, 11) is 0. The molecule has 2 amide bonds. The van der Waals surface area contributed by atoms with Crippen molar-refractivity contribution in [1.29, 1.82) is 0 Å². The molecule has 1 aromatic heterocycles. The lowest BCUT2D eigenvalue weighted by Crippen LogP contribution is -2.64. The molecular formula is C23H31N5O2. The summed E-state index contributed by atoms with van der Waals surface area (Å²) in [6.07, 6.45) is 3.55. The molecule has 7 nitrogen and oxygen atoms in total. The van der Waals surface area contributed by atoms with Gasteiger partial charge in [-0.15, -0.1) is 0 Å². The second kappa shape index (κ2) is 8.22. The fourth-order valence-corrected chi connectivity index (χ4v) is 4.81. The van der Waals surface area contributed by atoms with Crippen LogP contribution in [-0.4, -0.2) is 63.4 Å². The molecule has 1 aromatic carbocycles. The maximum atomic E-state index is 13.0. The topological polar surface area (TPSA) is 70.5 Å². The molecule has 1 unspecified atom stereocenters. The Morgan fingerprint density at radius 2 is 1.93 bits per heavy atom. The van der Waals surface area contributed by atoms with Crippen LogP contribution in [0.25, 0.3) is 0 Å². The van der Waals surface area contributed by atoms with Gasteiger partial charge < -0.3 is 14.8 Å². The summed E-state index contributed by atoms with van der Waals surface area (Å²) < 4.78 is 1.87. The molecule has 2 saturated heterocycles. The number of benzene rings is 1. The van der Waals surface area contributed by atoms with Crippen LogP contribution < -0.4 is 5.32 Å². The molecule has 1 spiro atoms. The Labute approximate surface area is 178 Å². The van der Waals surface area contributed by atoms with Gasteiger partial charge in [-0.05, 0) is 26.3 Å². The number of likely N-dealkylation sites (tertiary alicyclic amines) is 2. The van der Waals surface area contributed by atoms with Crippen molar-refractivity contribution in [3.8, 4) is 0 Å². The molecule has 160 valence electrons. The molecule has 0 aliphatic carbocycles. The highest BCUT2D eigenvalue weighted by atomic mass is 16.2. The SMILES string of the molecule is Cc1nccn1CC(=O)N1CC2(CN(Cc3ccccc3)CC2C(=O)NC(C)C)C1. The van der Waals surface area contributed by atoms with Gasteiger partial charge in [0, 0.05) is 56.6 Å². The van der Waals surface area contributed by atoms with Crippen LogP contribution in [-0.2, 0) is 22.7 Å². The Kier molecular flexibility index (Phi) is 5.64. The zero-order valence-electron chi connectivity index (χ0n) is 18.0. The molecule has 2 fully saturated rings. The van der Waals surface area contributed by atoms with Crippen LogP contribution in [0, 0.1) is 18.3 Å². The molecule has 2 aliphatic rings. The van der Waals surface area contributed by atoms with Gasteiger partial charge in [-0.1, -0.05) is 30.3 Å². The van der Waals surface area contributed by atoms with Crippen LogP contribution in [0.5, 0.6) is 0 Å². The number of rotatable bonds is 6. The van der Waals surface area contributed by atoms with Crippen molar-refractivity contribution in [2.75, 3.05) is 26.2 Å². The summed E-state index contributed by atoms with van der Waals surface area (Å²) in [4.78, 5) is 34.2. The van der Waals surface area contributed by atoms with E-state index in [0.717, 1.165) is 25.5 Å². The van der Waals surface area contributed by atoms with Crippen LogP contribution in [0.2, 0.25) is 0 Å². The van der Waals surface area contributed by atoms with Crippen molar-refractivity contribution in [2.45, 2.75) is 39.9 Å². The van der Waals surface area contributed by atoms with E-state index in [1.807, 2.05) is 54.6 Å². The number of imidazole rings is 1. The number of aromatic nitrogens is 2. The van der Waals surface area contributed by atoms with Crippen molar-refractivity contribution in [3.05, 3.63) is 54.1 Å². The van der Waals surface area contributed by atoms with Crippen molar-refractivity contribution in [3.63, 3.8) is 0 Å². The molecule has 2 aromatic rings. The summed E-state index contributed by atoms with van der Waals surface area (Å²) in [5, 5.41) is 3.10. The van der Waals surface area contributed by atoms with Crippen LogP contribution in [0.15, 0.2) is 42.7 Å². The van der Waals surface area contributed by atoms with Gasteiger partial charge in [0.2, 0.25) is 11.8 Å². The lowest BCUT2D eigenvalue weighted by molar-refractivity contribution is -0.150. The van der Waals surface area contributed by atoms with E-state index in [-0.39, 0.29) is 29.2 Å². The zero-order valence-corrected chi connectivity index (χ0v) is 18.0. The van der Waals surface area contributed by atoms with Gasteiger partial charge in [0.1, 0.15) is 12.4 Å². The molecule has 1 atom stereocenters. The third-order valence-electron chi connectivity index (χ3n) is 6.31. The fraction of sp³-hybridized carbons (Fsp3) is 0.522. The van der Waals surface area contributed by atoms with E-state index >= 15 is 0 Å². The van der Waals surface area contributed by atoms with Crippen molar-refractivity contribution < 1.29 is 9.59 Å². The van der Waals surface area contributed by atoms with Crippen molar-refractivity contribution in [1.82, 2.24) is 24.7 Å². The molecule has 0 radical (unpaired) electrons. The first-order valence-corrected chi connectivity index (χ1v) is 10.7. The van der Waals surface area contributed by atoms with E-state index in [1.54, 1.807) is 6.20 Å². The third-order valence-corrected chi connectivity index (χ3v) is 6.31. The molecular weight excluding hydrogens is 378 g/mol. The normalized spacial score (nSPS) is 20.5.